The van der Waals surface area contributed by atoms with Crippen LogP contribution in [0, 0.1) is 0 Å². The number of nitrogens with zero attached hydrogens (tertiary/aromatic N) is 2. The highest BCUT2D eigenvalue weighted by Gasteiger charge is 2.38. The second-order valence-corrected chi connectivity index (χ2v) is 7.14. The molecule has 3 N–H and O–H groups in total. The van der Waals surface area contributed by atoms with E-state index < -0.39 is 0 Å². The summed E-state index contributed by atoms with van der Waals surface area (Å²) in [5.41, 5.74) is 1.93. The number of urea groups is 1. The first kappa shape index (κ1) is 18.1. The summed E-state index contributed by atoms with van der Waals surface area (Å²) in [7, 11) is 0. The van der Waals surface area contributed by atoms with Crippen molar-refractivity contribution in [1.29, 1.82) is 0 Å². The molecule has 1 aliphatic heterocycles. The standard InChI is InChI=1S/C19H16N4O4S/c24-9-3-8-20-18(27)21-11-6-7-14-15(10-11)28-19(22-14)23-16(25)12-4-1-2-5-13(12)17(23)26/h1-2,4-7,10,24H,3,8-9H2,(H2,20,21,27). The Balaban J connectivity index is 1.57. The van der Waals surface area contributed by atoms with Gasteiger partial charge >= 0.3 is 6.03 Å². The van der Waals surface area contributed by atoms with Gasteiger partial charge in [0.1, 0.15) is 0 Å². The minimum Gasteiger partial charge on any atom is -0.396 e. The third kappa shape index (κ3) is 3.21. The summed E-state index contributed by atoms with van der Waals surface area (Å²) in [5.74, 6) is -0.775. The first-order chi connectivity index (χ1) is 13.6. The van der Waals surface area contributed by atoms with Gasteiger partial charge in [-0.25, -0.2) is 14.7 Å². The fraction of sp³-hybridized carbons (Fsp3) is 0.158. The van der Waals surface area contributed by atoms with Gasteiger partial charge in [-0.3, -0.25) is 9.59 Å². The van der Waals surface area contributed by atoms with Crippen LogP contribution in [0.25, 0.3) is 10.2 Å². The first-order valence-electron chi connectivity index (χ1n) is 8.62. The minimum absolute atomic E-state index is 0.00763. The molecule has 2 aromatic carbocycles. The largest absolute Gasteiger partial charge is 0.396 e. The van der Waals surface area contributed by atoms with Crippen LogP contribution in [0.2, 0.25) is 0 Å². The molecule has 9 heteroatoms. The van der Waals surface area contributed by atoms with Gasteiger partial charge in [0.15, 0.2) is 0 Å². The Labute approximate surface area is 163 Å². The van der Waals surface area contributed by atoms with E-state index >= 15 is 0 Å². The van der Waals surface area contributed by atoms with Crippen LogP contribution >= 0.6 is 11.3 Å². The van der Waals surface area contributed by atoms with Crippen molar-refractivity contribution in [1.82, 2.24) is 10.3 Å². The van der Waals surface area contributed by atoms with Gasteiger partial charge < -0.3 is 15.7 Å². The summed E-state index contributed by atoms with van der Waals surface area (Å²) < 4.78 is 0.736. The van der Waals surface area contributed by atoms with E-state index in [1.54, 1.807) is 42.5 Å². The number of hydrogen-bond acceptors (Lipinski definition) is 6. The van der Waals surface area contributed by atoms with Crippen LogP contribution in [0.4, 0.5) is 15.6 Å². The van der Waals surface area contributed by atoms with Gasteiger partial charge in [-0.2, -0.15) is 0 Å². The molecule has 142 valence electrons. The maximum absolute atomic E-state index is 12.6. The molecule has 2 heterocycles. The quantitative estimate of drug-likeness (QED) is 0.453. The van der Waals surface area contributed by atoms with E-state index in [4.69, 9.17) is 5.11 Å². The Bertz CT molecular complexity index is 1060. The molecule has 0 saturated carbocycles. The molecule has 4 amide bonds. The van der Waals surface area contributed by atoms with E-state index in [0.29, 0.717) is 40.4 Å². The van der Waals surface area contributed by atoms with Crippen molar-refractivity contribution in [3.8, 4) is 0 Å². The molecule has 4 rings (SSSR count). The molecule has 1 aliphatic rings. The van der Waals surface area contributed by atoms with E-state index in [-0.39, 0.29) is 24.5 Å². The van der Waals surface area contributed by atoms with Gasteiger partial charge in [0.25, 0.3) is 11.8 Å². The fourth-order valence-electron chi connectivity index (χ4n) is 2.91. The Kier molecular flexibility index (Phi) is 4.76. The molecule has 0 aliphatic carbocycles. The molecule has 0 bridgehead atoms. The third-order valence-electron chi connectivity index (χ3n) is 4.24. The number of imide groups is 1. The lowest BCUT2D eigenvalue weighted by Gasteiger charge is -2.08. The van der Waals surface area contributed by atoms with Crippen LogP contribution in [0.1, 0.15) is 27.1 Å². The van der Waals surface area contributed by atoms with Crippen LogP contribution in [-0.2, 0) is 0 Å². The zero-order valence-electron chi connectivity index (χ0n) is 14.6. The summed E-state index contributed by atoms with van der Waals surface area (Å²) >= 11 is 1.20. The molecule has 0 radical (unpaired) electrons. The van der Waals surface area contributed by atoms with E-state index in [1.165, 1.54) is 11.3 Å². The van der Waals surface area contributed by atoms with Crippen molar-refractivity contribution in [2.75, 3.05) is 23.4 Å². The highest BCUT2D eigenvalue weighted by molar-refractivity contribution is 7.22. The molecule has 1 aromatic heterocycles. The Hall–Kier alpha value is -3.30. The van der Waals surface area contributed by atoms with Crippen LogP contribution in [0.3, 0.4) is 0 Å². The summed E-state index contributed by atoms with van der Waals surface area (Å²) in [6.07, 6.45) is 0.477. The van der Waals surface area contributed by atoms with Gasteiger partial charge in [-0.05, 0) is 36.8 Å². The number of benzene rings is 2. The second-order valence-electron chi connectivity index (χ2n) is 6.13. The minimum atomic E-state index is -0.388. The monoisotopic (exact) mass is 396 g/mol. The lowest BCUT2D eigenvalue weighted by Crippen LogP contribution is -2.29. The highest BCUT2D eigenvalue weighted by atomic mass is 32.1. The Morgan fingerprint density at radius 2 is 1.82 bits per heavy atom. The molecule has 8 nitrogen and oxygen atoms in total. The topological polar surface area (TPSA) is 112 Å². The van der Waals surface area contributed by atoms with E-state index in [9.17, 15) is 14.4 Å². The van der Waals surface area contributed by atoms with Crippen molar-refractivity contribution in [3.63, 3.8) is 0 Å². The predicted octanol–water partition coefficient (Wildman–Crippen LogP) is 2.60. The average molecular weight is 396 g/mol. The number of rotatable bonds is 5. The first-order valence-corrected chi connectivity index (χ1v) is 9.44. The van der Waals surface area contributed by atoms with Crippen molar-refractivity contribution in [2.45, 2.75) is 6.42 Å². The molecule has 3 aromatic rings. The number of aliphatic hydroxyl groups is 1. The molecule has 0 fully saturated rings. The summed E-state index contributed by atoms with van der Waals surface area (Å²) in [5, 5.41) is 14.4. The number of fused-ring (bicyclic) bond motifs is 2. The zero-order chi connectivity index (χ0) is 19.7. The number of aromatic nitrogens is 1. The Morgan fingerprint density at radius 3 is 2.50 bits per heavy atom. The SMILES string of the molecule is O=C(NCCCO)Nc1ccc2nc(N3C(=O)c4ccccc4C3=O)sc2c1. The normalized spacial score (nSPS) is 13.1. The second kappa shape index (κ2) is 7.37. The molecule has 0 atom stereocenters. The van der Waals surface area contributed by atoms with Gasteiger partial charge in [0.2, 0.25) is 5.13 Å². The number of aliphatic hydroxyl groups excluding tert-OH is 1. The lowest BCUT2D eigenvalue weighted by atomic mass is 10.1. The zero-order valence-corrected chi connectivity index (χ0v) is 15.5. The number of anilines is 2. The summed E-state index contributed by atoms with van der Waals surface area (Å²) in [6.45, 7) is 0.378. The number of carbonyl (C=O) groups is 3. The van der Waals surface area contributed by atoms with Crippen molar-refractivity contribution >= 4 is 50.2 Å². The number of nitrogens with one attached hydrogen (secondary N) is 2. The van der Waals surface area contributed by atoms with Gasteiger partial charge in [-0.15, -0.1) is 0 Å². The predicted molar refractivity (Wildman–Crippen MR) is 106 cm³/mol. The van der Waals surface area contributed by atoms with E-state index in [0.717, 1.165) is 9.60 Å². The third-order valence-corrected chi connectivity index (χ3v) is 5.24. The molecule has 28 heavy (non-hydrogen) atoms. The van der Waals surface area contributed by atoms with Crippen LogP contribution in [-0.4, -0.2) is 41.1 Å². The van der Waals surface area contributed by atoms with Crippen LogP contribution in [0.15, 0.2) is 42.5 Å². The van der Waals surface area contributed by atoms with Crippen LogP contribution < -0.4 is 15.5 Å². The Morgan fingerprint density at radius 1 is 1.11 bits per heavy atom. The van der Waals surface area contributed by atoms with Crippen molar-refractivity contribution in [2.24, 2.45) is 0 Å². The highest BCUT2D eigenvalue weighted by Crippen LogP contribution is 2.35. The number of carbonyl (C=O) groups excluding carboxylic acids is 3. The molecular weight excluding hydrogens is 380 g/mol. The van der Waals surface area contributed by atoms with Gasteiger partial charge in [-0.1, -0.05) is 23.5 Å². The maximum atomic E-state index is 12.6. The maximum Gasteiger partial charge on any atom is 0.319 e. The summed E-state index contributed by atoms with van der Waals surface area (Å²) in [6, 6.07) is 11.5. The average Bonchev–Trinajstić information content (AvgIpc) is 3.21. The summed E-state index contributed by atoms with van der Waals surface area (Å²) in [4.78, 5) is 42.6. The van der Waals surface area contributed by atoms with Crippen LogP contribution in [0.5, 0.6) is 0 Å². The number of hydrogen-bond donors (Lipinski definition) is 3. The molecular formula is C19H16N4O4S. The fourth-order valence-corrected chi connectivity index (χ4v) is 3.91. The van der Waals surface area contributed by atoms with Gasteiger partial charge in [0, 0.05) is 18.8 Å². The van der Waals surface area contributed by atoms with E-state index in [2.05, 4.69) is 15.6 Å². The molecule has 0 spiro atoms. The van der Waals surface area contributed by atoms with Crippen molar-refractivity contribution in [3.05, 3.63) is 53.6 Å². The molecule has 0 unspecified atom stereocenters. The molecule has 0 saturated heterocycles. The van der Waals surface area contributed by atoms with Gasteiger partial charge in [0.05, 0.1) is 21.3 Å². The number of amides is 4. The van der Waals surface area contributed by atoms with E-state index in [1.807, 2.05) is 0 Å². The smallest absolute Gasteiger partial charge is 0.319 e. The lowest BCUT2D eigenvalue weighted by molar-refractivity contribution is 0.0926. The number of thiazole rings is 1. The van der Waals surface area contributed by atoms with Crippen molar-refractivity contribution < 1.29 is 19.5 Å².